The van der Waals surface area contributed by atoms with Gasteiger partial charge in [0.05, 0.1) is 5.56 Å². The molecule has 34 heavy (non-hydrogen) atoms. The zero-order chi connectivity index (χ0) is 23.3. The summed E-state index contributed by atoms with van der Waals surface area (Å²) in [6.45, 7) is 7.02. The van der Waals surface area contributed by atoms with E-state index < -0.39 is 0 Å². The monoisotopic (exact) mass is 489 g/mol. The minimum Gasteiger partial charge on any atom is -0.423 e. The van der Waals surface area contributed by atoms with Gasteiger partial charge in [-0.25, -0.2) is 0 Å². The fourth-order valence-electron chi connectivity index (χ4n) is 6.18. The number of carbonyl (C=O) groups is 2. The van der Waals surface area contributed by atoms with Gasteiger partial charge in [-0.2, -0.15) is 4.98 Å². The molecule has 9 heteroatoms. The van der Waals surface area contributed by atoms with Crippen LogP contribution in [0.3, 0.4) is 0 Å². The minimum atomic E-state index is -0.0735. The van der Waals surface area contributed by atoms with Crippen molar-refractivity contribution < 1.29 is 14.0 Å². The van der Waals surface area contributed by atoms with Crippen molar-refractivity contribution in [1.82, 2.24) is 20.1 Å². The van der Waals surface area contributed by atoms with E-state index in [2.05, 4.69) is 36.0 Å². The molecule has 0 saturated carbocycles. The van der Waals surface area contributed by atoms with Crippen molar-refractivity contribution in [3.05, 3.63) is 23.8 Å². The molecule has 0 aliphatic carbocycles. The second-order valence-electron chi connectivity index (χ2n) is 10.2. The van der Waals surface area contributed by atoms with Gasteiger partial charge < -0.3 is 24.4 Å². The maximum Gasteiger partial charge on any atom is 0.299 e. The molecule has 0 radical (unpaired) electrons. The minimum absolute atomic E-state index is 0. The predicted octanol–water partition coefficient (Wildman–Crippen LogP) is 3.44. The number of nitrogens with zero attached hydrogens (tertiary/aromatic N) is 4. The van der Waals surface area contributed by atoms with Crippen molar-refractivity contribution in [3.63, 3.8) is 0 Å². The van der Waals surface area contributed by atoms with Crippen molar-refractivity contribution >= 4 is 41.3 Å². The summed E-state index contributed by atoms with van der Waals surface area (Å²) in [7, 11) is 2.22. The lowest BCUT2D eigenvalue weighted by Gasteiger charge is -2.47. The van der Waals surface area contributed by atoms with E-state index in [-0.39, 0.29) is 42.3 Å². The van der Waals surface area contributed by atoms with Crippen LogP contribution in [0.1, 0.15) is 63.2 Å². The molecule has 0 spiro atoms. The number of carbonyl (C=O) groups excluding carboxylic acids is 2. The molecule has 3 aliphatic rings. The number of para-hydroxylation sites is 1. The quantitative estimate of drug-likeness (QED) is 0.711. The molecule has 3 aliphatic heterocycles. The van der Waals surface area contributed by atoms with E-state index in [4.69, 9.17) is 9.40 Å². The molecule has 1 aromatic carbocycles. The number of fused-ring (bicyclic) bond motifs is 3. The van der Waals surface area contributed by atoms with Crippen LogP contribution in [0.15, 0.2) is 22.6 Å². The summed E-state index contributed by atoms with van der Waals surface area (Å²) in [6.07, 6.45) is 5.74. The van der Waals surface area contributed by atoms with Gasteiger partial charge in [0.1, 0.15) is 5.52 Å². The Bertz CT molecular complexity index is 1030. The zero-order valence-electron chi connectivity index (χ0n) is 20.5. The van der Waals surface area contributed by atoms with Gasteiger partial charge in [0, 0.05) is 50.2 Å². The predicted molar refractivity (Wildman–Crippen MR) is 135 cm³/mol. The van der Waals surface area contributed by atoms with E-state index in [9.17, 15) is 9.59 Å². The van der Waals surface area contributed by atoms with Crippen molar-refractivity contribution in [2.75, 3.05) is 25.0 Å². The Morgan fingerprint density at radius 2 is 1.74 bits per heavy atom. The zero-order valence-corrected chi connectivity index (χ0v) is 21.3. The summed E-state index contributed by atoms with van der Waals surface area (Å²) in [4.78, 5) is 36.4. The number of hydrogen-bond donors (Lipinski definition) is 1. The largest absolute Gasteiger partial charge is 0.423 e. The second kappa shape index (κ2) is 9.74. The lowest BCUT2D eigenvalue weighted by molar-refractivity contribution is -0.130. The van der Waals surface area contributed by atoms with Crippen molar-refractivity contribution in [3.8, 4) is 0 Å². The molecule has 8 nitrogen and oxygen atoms in total. The number of amides is 2. The van der Waals surface area contributed by atoms with Crippen molar-refractivity contribution in [2.24, 2.45) is 0 Å². The highest BCUT2D eigenvalue weighted by molar-refractivity contribution is 6.04. The van der Waals surface area contributed by atoms with Gasteiger partial charge in [-0.1, -0.05) is 12.5 Å². The highest BCUT2D eigenvalue weighted by Gasteiger charge is 2.37. The first-order chi connectivity index (χ1) is 15.8. The highest BCUT2D eigenvalue weighted by Crippen LogP contribution is 2.33. The van der Waals surface area contributed by atoms with Crippen LogP contribution < -0.4 is 10.2 Å². The van der Waals surface area contributed by atoms with Crippen LogP contribution in [0.25, 0.3) is 11.1 Å². The molecule has 1 N–H and O–H groups in total. The second-order valence-corrected chi connectivity index (χ2v) is 10.2. The number of piperidine rings is 2. The summed E-state index contributed by atoms with van der Waals surface area (Å²) >= 11 is 0. The van der Waals surface area contributed by atoms with Crippen LogP contribution in [0, 0.1) is 0 Å². The normalized spacial score (nSPS) is 29.6. The summed E-state index contributed by atoms with van der Waals surface area (Å²) in [5.74, 6) is 0.0125. The molecular weight excluding hydrogens is 454 g/mol. The Morgan fingerprint density at radius 1 is 1.09 bits per heavy atom. The van der Waals surface area contributed by atoms with E-state index >= 15 is 0 Å². The number of rotatable bonds is 3. The fraction of sp³-hybridized carbons (Fsp3) is 0.640. The van der Waals surface area contributed by atoms with Gasteiger partial charge >= 0.3 is 0 Å². The first kappa shape index (κ1) is 24.8. The molecule has 1 aromatic heterocycles. The number of halogens is 1. The smallest absolute Gasteiger partial charge is 0.299 e. The first-order valence-corrected chi connectivity index (χ1v) is 12.3. The van der Waals surface area contributed by atoms with Gasteiger partial charge in [0.15, 0.2) is 5.58 Å². The maximum atomic E-state index is 13.3. The molecule has 4 atom stereocenters. The van der Waals surface area contributed by atoms with Crippen LogP contribution in [0.5, 0.6) is 0 Å². The average molecular weight is 490 g/mol. The van der Waals surface area contributed by atoms with E-state index in [1.165, 1.54) is 19.3 Å². The number of anilines is 1. The van der Waals surface area contributed by atoms with Crippen LogP contribution in [0.4, 0.5) is 6.01 Å². The lowest BCUT2D eigenvalue weighted by Crippen LogP contribution is -2.58. The van der Waals surface area contributed by atoms with Gasteiger partial charge in [-0.05, 0) is 58.7 Å². The molecule has 3 fully saturated rings. The van der Waals surface area contributed by atoms with E-state index in [0.717, 1.165) is 12.8 Å². The maximum absolute atomic E-state index is 13.3. The molecule has 2 bridgehead atoms. The fourth-order valence-corrected chi connectivity index (χ4v) is 6.18. The molecule has 2 unspecified atom stereocenters. The number of hydrogen-bond acceptors (Lipinski definition) is 6. The van der Waals surface area contributed by atoms with Gasteiger partial charge in [0.25, 0.3) is 11.9 Å². The topological polar surface area (TPSA) is 81.9 Å². The van der Waals surface area contributed by atoms with Gasteiger partial charge in [-0.15, -0.1) is 12.4 Å². The highest BCUT2D eigenvalue weighted by atomic mass is 35.5. The molecular formula is C25H36ClN5O3. The van der Waals surface area contributed by atoms with E-state index in [1.54, 1.807) is 6.92 Å². The molecule has 2 amide bonds. The average Bonchev–Trinajstić information content (AvgIpc) is 3.17. The third-order valence-corrected chi connectivity index (χ3v) is 7.91. The number of benzene rings is 1. The Labute approximate surface area is 207 Å². The molecule has 186 valence electrons. The number of oxazole rings is 1. The number of piperazine rings is 1. The SMILES string of the molecule is CC(=O)N1C[C@H](C)N(c2nc3c(C(=O)NC4CC5CCCC(C4)N5C)cccc3o2)[C@@H](C)C1.Cl. The molecule has 4 heterocycles. The van der Waals surface area contributed by atoms with Gasteiger partial charge in [0.2, 0.25) is 5.91 Å². The molecule has 5 rings (SSSR count). The van der Waals surface area contributed by atoms with E-state index in [0.29, 0.717) is 47.9 Å². The Kier molecular flexibility index (Phi) is 7.10. The van der Waals surface area contributed by atoms with Gasteiger partial charge in [-0.3, -0.25) is 9.59 Å². The lowest BCUT2D eigenvalue weighted by atomic mass is 9.82. The third kappa shape index (κ3) is 4.50. The number of nitrogens with one attached hydrogen (secondary N) is 1. The summed E-state index contributed by atoms with van der Waals surface area (Å²) < 4.78 is 6.12. The third-order valence-electron chi connectivity index (χ3n) is 7.91. The summed E-state index contributed by atoms with van der Waals surface area (Å²) in [5.41, 5.74) is 1.78. The van der Waals surface area contributed by atoms with Crippen LogP contribution in [0.2, 0.25) is 0 Å². The first-order valence-electron chi connectivity index (χ1n) is 12.3. The number of aromatic nitrogens is 1. The Morgan fingerprint density at radius 3 is 2.35 bits per heavy atom. The van der Waals surface area contributed by atoms with Crippen LogP contribution in [-0.2, 0) is 4.79 Å². The van der Waals surface area contributed by atoms with E-state index in [1.807, 2.05) is 23.1 Å². The Balaban J connectivity index is 0.00000274. The van der Waals surface area contributed by atoms with Crippen LogP contribution in [-0.4, -0.2) is 76.9 Å². The summed E-state index contributed by atoms with van der Waals surface area (Å²) in [5, 5.41) is 3.30. The summed E-state index contributed by atoms with van der Waals surface area (Å²) in [6, 6.07) is 7.54. The molecule has 3 saturated heterocycles. The molecule has 2 aromatic rings. The van der Waals surface area contributed by atoms with Crippen molar-refractivity contribution in [1.29, 1.82) is 0 Å². The Hall–Kier alpha value is -2.32. The standard InChI is InChI=1S/C25H35N5O3.ClH/c1-15-13-29(17(3)31)14-16(2)30(15)25-27-23-21(9-6-10-22(23)33-25)24(32)26-18-11-19-7-5-8-20(12-18)28(19)4;/h6,9-10,15-16,18-20H,5,7-8,11-14H2,1-4H3,(H,26,32);1H/t15-,16-,18?,19?,20?;/m0./s1. The van der Waals surface area contributed by atoms with Crippen LogP contribution >= 0.6 is 12.4 Å². The van der Waals surface area contributed by atoms with Crippen molar-refractivity contribution in [2.45, 2.75) is 83.1 Å².